The van der Waals surface area contributed by atoms with Crippen molar-refractivity contribution in [2.75, 3.05) is 45.9 Å². The van der Waals surface area contributed by atoms with Crippen molar-refractivity contribution in [3.63, 3.8) is 0 Å². The minimum Gasteiger partial charge on any atom is -0.460 e. The molecule has 192 valence electrons. The average Bonchev–Trinajstić information content (AvgIpc) is 3.58. The summed E-state index contributed by atoms with van der Waals surface area (Å²) in [6.07, 6.45) is 6.99. The lowest BCUT2D eigenvalue weighted by Gasteiger charge is -2.33. The number of fused-ring (bicyclic) bond motifs is 1. The number of nitrogens with zero attached hydrogens (tertiary/aromatic N) is 4. The number of likely N-dealkylation sites (tertiary alicyclic amines) is 1. The Kier molecular flexibility index (Phi) is 6.76. The third kappa shape index (κ3) is 4.91. The summed E-state index contributed by atoms with van der Waals surface area (Å²) in [5.41, 5.74) is 6.07. The minimum absolute atomic E-state index is 0.210. The smallest absolute Gasteiger partial charge is 0.236 e. The highest BCUT2D eigenvalue weighted by Gasteiger charge is 2.29. The predicted octanol–water partition coefficient (Wildman–Crippen LogP) is 4.17. The molecule has 2 fully saturated rings. The van der Waals surface area contributed by atoms with Crippen LogP contribution in [0.4, 0.5) is 0 Å². The van der Waals surface area contributed by atoms with Gasteiger partial charge in [0.1, 0.15) is 11.5 Å². The Morgan fingerprint density at radius 1 is 0.973 bits per heavy atom. The number of furan rings is 1. The van der Waals surface area contributed by atoms with Crippen LogP contribution in [0.15, 0.2) is 58.4 Å². The van der Waals surface area contributed by atoms with Crippen molar-refractivity contribution in [1.82, 2.24) is 14.8 Å². The first-order chi connectivity index (χ1) is 18.2. The van der Waals surface area contributed by atoms with Crippen LogP contribution in [0, 0.1) is 0 Å². The molecule has 6 rings (SSSR count). The van der Waals surface area contributed by atoms with E-state index in [2.05, 4.69) is 33.2 Å². The van der Waals surface area contributed by atoms with Crippen LogP contribution in [-0.2, 0) is 16.0 Å². The van der Waals surface area contributed by atoms with Gasteiger partial charge in [-0.3, -0.25) is 14.7 Å². The standard InChI is InChI=1S/C29H32N4O4/c34-28(19-32-13-15-36-16-14-32)33-11-7-21(8-12-33)27-18-25(20-5-9-30-10-6-20)29(37-27)23-1-3-24-22(17-23)2-4-26(24)31-35/h1,3,5-6,9-10,17-18,21,35H,2,4,7-8,11-16,19H2/b31-26-. The molecule has 3 aromatic rings. The molecule has 0 spiro atoms. The Bertz CT molecular complexity index is 1290. The second-order valence-corrected chi connectivity index (χ2v) is 10.1. The Hall–Kier alpha value is -3.49. The first-order valence-corrected chi connectivity index (χ1v) is 13.2. The molecule has 37 heavy (non-hydrogen) atoms. The van der Waals surface area contributed by atoms with E-state index in [1.54, 1.807) is 12.4 Å². The molecule has 1 aliphatic carbocycles. The lowest BCUT2D eigenvalue weighted by molar-refractivity contribution is -0.134. The number of pyridine rings is 1. The molecule has 1 aromatic carbocycles. The van der Waals surface area contributed by atoms with Crippen molar-refractivity contribution >= 4 is 11.6 Å². The molecule has 2 aliphatic heterocycles. The summed E-state index contributed by atoms with van der Waals surface area (Å²) in [4.78, 5) is 21.2. The van der Waals surface area contributed by atoms with E-state index in [0.717, 1.165) is 91.3 Å². The normalized spacial score (nSPS) is 19.9. The second-order valence-electron chi connectivity index (χ2n) is 10.1. The Morgan fingerprint density at radius 2 is 1.76 bits per heavy atom. The number of ether oxygens (including phenoxy) is 1. The fourth-order valence-corrected chi connectivity index (χ4v) is 5.75. The van der Waals surface area contributed by atoms with E-state index in [1.807, 2.05) is 23.1 Å². The summed E-state index contributed by atoms with van der Waals surface area (Å²) in [5, 5.41) is 12.8. The van der Waals surface area contributed by atoms with E-state index < -0.39 is 0 Å². The fourth-order valence-electron chi connectivity index (χ4n) is 5.75. The van der Waals surface area contributed by atoms with E-state index in [1.165, 1.54) is 5.56 Å². The van der Waals surface area contributed by atoms with E-state index in [0.29, 0.717) is 19.8 Å². The zero-order valence-electron chi connectivity index (χ0n) is 20.9. The van der Waals surface area contributed by atoms with Gasteiger partial charge in [0.15, 0.2) is 0 Å². The first-order valence-electron chi connectivity index (χ1n) is 13.2. The van der Waals surface area contributed by atoms with Gasteiger partial charge >= 0.3 is 0 Å². The summed E-state index contributed by atoms with van der Waals surface area (Å²) < 4.78 is 12.0. The van der Waals surface area contributed by atoms with Gasteiger partial charge in [-0.25, -0.2) is 0 Å². The highest BCUT2D eigenvalue weighted by atomic mass is 16.5. The molecule has 1 amide bonds. The van der Waals surface area contributed by atoms with Gasteiger partial charge in [-0.1, -0.05) is 17.3 Å². The molecule has 0 bridgehead atoms. The number of carbonyl (C=O) groups is 1. The van der Waals surface area contributed by atoms with Crippen LogP contribution in [0.3, 0.4) is 0 Å². The van der Waals surface area contributed by atoms with E-state index in [9.17, 15) is 10.0 Å². The van der Waals surface area contributed by atoms with Crippen molar-refractivity contribution in [1.29, 1.82) is 0 Å². The molecule has 4 heterocycles. The average molecular weight is 501 g/mol. The molecule has 2 aromatic heterocycles. The SMILES string of the molecule is O=C(CN1CCOCC1)N1CCC(c2cc(-c3ccncc3)c(-c3ccc4c(c3)CC/C4=N/O)o2)CC1. The Morgan fingerprint density at radius 3 is 2.51 bits per heavy atom. The van der Waals surface area contributed by atoms with Crippen molar-refractivity contribution in [3.05, 3.63) is 65.7 Å². The monoisotopic (exact) mass is 500 g/mol. The Balaban J connectivity index is 1.22. The van der Waals surface area contributed by atoms with Crippen LogP contribution in [0.1, 0.15) is 42.1 Å². The van der Waals surface area contributed by atoms with Gasteiger partial charge in [0.05, 0.1) is 25.5 Å². The molecular formula is C29H32N4O4. The molecule has 8 nitrogen and oxygen atoms in total. The van der Waals surface area contributed by atoms with Crippen molar-refractivity contribution < 1.29 is 19.2 Å². The van der Waals surface area contributed by atoms with Gasteiger partial charge in [0.25, 0.3) is 0 Å². The third-order valence-electron chi connectivity index (χ3n) is 7.89. The summed E-state index contributed by atoms with van der Waals surface area (Å²) in [5.74, 6) is 2.30. The molecule has 3 aliphatic rings. The Labute approximate surface area is 216 Å². The van der Waals surface area contributed by atoms with Crippen LogP contribution >= 0.6 is 0 Å². The van der Waals surface area contributed by atoms with Gasteiger partial charge in [-0.2, -0.15) is 0 Å². The van der Waals surface area contributed by atoms with E-state index >= 15 is 0 Å². The number of amides is 1. The zero-order chi connectivity index (χ0) is 25.2. The quantitative estimate of drug-likeness (QED) is 0.418. The van der Waals surface area contributed by atoms with Crippen LogP contribution in [0.25, 0.3) is 22.5 Å². The van der Waals surface area contributed by atoms with E-state index in [4.69, 9.17) is 9.15 Å². The number of morpholine rings is 1. The summed E-state index contributed by atoms with van der Waals surface area (Å²) >= 11 is 0. The summed E-state index contributed by atoms with van der Waals surface area (Å²) in [6, 6.07) is 12.4. The predicted molar refractivity (Wildman–Crippen MR) is 140 cm³/mol. The topological polar surface area (TPSA) is 91.4 Å². The molecule has 0 saturated carbocycles. The van der Waals surface area contributed by atoms with Crippen molar-refractivity contribution in [2.45, 2.75) is 31.6 Å². The van der Waals surface area contributed by atoms with Gasteiger partial charge in [0.2, 0.25) is 5.91 Å². The molecule has 0 radical (unpaired) electrons. The van der Waals surface area contributed by atoms with Gasteiger partial charge in [0, 0.05) is 61.2 Å². The van der Waals surface area contributed by atoms with Crippen LogP contribution in [0.2, 0.25) is 0 Å². The highest BCUT2D eigenvalue weighted by Crippen LogP contribution is 2.41. The molecule has 0 unspecified atom stereocenters. The molecule has 1 N–H and O–H groups in total. The van der Waals surface area contributed by atoms with Gasteiger partial charge < -0.3 is 19.3 Å². The number of piperidine rings is 1. The van der Waals surface area contributed by atoms with Gasteiger partial charge in [-0.15, -0.1) is 0 Å². The second kappa shape index (κ2) is 10.5. The number of rotatable bonds is 5. The van der Waals surface area contributed by atoms with E-state index in [-0.39, 0.29) is 11.8 Å². The maximum Gasteiger partial charge on any atom is 0.236 e. The number of hydrogen-bond acceptors (Lipinski definition) is 7. The van der Waals surface area contributed by atoms with Crippen molar-refractivity contribution in [2.24, 2.45) is 5.16 Å². The van der Waals surface area contributed by atoms with Crippen LogP contribution in [0.5, 0.6) is 0 Å². The zero-order valence-corrected chi connectivity index (χ0v) is 20.9. The molecule has 2 saturated heterocycles. The van der Waals surface area contributed by atoms with Crippen molar-refractivity contribution in [3.8, 4) is 22.5 Å². The lowest BCUT2D eigenvalue weighted by atomic mass is 9.93. The summed E-state index contributed by atoms with van der Waals surface area (Å²) in [7, 11) is 0. The number of oxime groups is 1. The lowest BCUT2D eigenvalue weighted by Crippen LogP contribution is -2.46. The summed E-state index contributed by atoms with van der Waals surface area (Å²) in [6.45, 7) is 5.03. The molecule has 0 atom stereocenters. The largest absolute Gasteiger partial charge is 0.460 e. The number of carbonyl (C=O) groups excluding carboxylic acids is 1. The minimum atomic E-state index is 0.210. The first kappa shape index (κ1) is 23.9. The van der Waals surface area contributed by atoms with Gasteiger partial charge in [-0.05, 0) is 61.1 Å². The molecular weight excluding hydrogens is 468 g/mol. The number of aryl methyl sites for hydroxylation is 1. The highest BCUT2D eigenvalue weighted by molar-refractivity contribution is 6.04. The fraction of sp³-hybridized carbons (Fsp3) is 0.414. The number of benzene rings is 1. The number of hydrogen-bond donors (Lipinski definition) is 1. The van der Waals surface area contributed by atoms with Crippen LogP contribution < -0.4 is 0 Å². The molecule has 8 heteroatoms. The third-order valence-corrected chi connectivity index (χ3v) is 7.89. The maximum atomic E-state index is 12.9. The van der Waals surface area contributed by atoms with Crippen LogP contribution in [-0.4, -0.2) is 77.5 Å². The maximum absolute atomic E-state index is 12.9. The number of aromatic nitrogens is 1.